The lowest BCUT2D eigenvalue weighted by atomic mass is 10.4. The zero-order valence-electron chi connectivity index (χ0n) is 7.47. The van der Waals surface area contributed by atoms with Crippen LogP contribution in [0.2, 0.25) is 0 Å². The van der Waals surface area contributed by atoms with Crippen LogP contribution >= 0.6 is 0 Å². The van der Waals surface area contributed by atoms with E-state index in [-0.39, 0.29) is 12.4 Å². The van der Waals surface area contributed by atoms with E-state index in [4.69, 9.17) is 5.73 Å². The third-order valence-electron chi connectivity index (χ3n) is 1.78. The number of aromatic nitrogens is 2. The Labute approximate surface area is 88.6 Å². The predicted molar refractivity (Wildman–Crippen MR) is 50.2 cm³/mol. The van der Waals surface area contributed by atoms with E-state index in [1.54, 1.807) is 6.20 Å². The molecule has 0 saturated heterocycles. The molecule has 0 bridgehead atoms. The van der Waals surface area contributed by atoms with Crippen molar-refractivity contribution in [1.82, 2.24) is 4.98 Å². The van der Waals surface area contributed by atoms with Crippen molar-refractivity contribution < 1.29 is 17.0 Å². The summed E-state index contributed by atoms with van der Waals surface area (Å²) in [7, 11) is 0. The van der Waals surface area contributed by atoms with Gasteiger partial charge in [-0.05, 0) is 29.2 Å². The first kappa shape index (κ1) is 10.5. The van der Waals surface area contributed by atoms with Crippen molar-refractivity contribution in [3.8, 4) is 5.82 Å². The maximum atomic E-state index is 5.77. The van der Waals surface area contributed by atoms with Crippen molar-refractivity contribution in [3.63, 3.8) is 0 Å². The van der Waals surface area contributed by atoms with Crippen LogP contribution in [-0.2, 0) is 0 Å². The molecule has 4 heteroatoms. The average Bonchev–Trinajstić information content (AvgIpc) is 2.20. The molecule has 0 unspecified atom stereocenters. The SMILES string of the molecule is Nc1cccnc1-[n+]1ccccc1.[Cl-]. The highest BCUT2D eigenvalue weighted by Crippen LogP contribution is 2.05. The van der Waals surface area contributed by atoms with E-state index in [1.165, 1.54) is 0 Å². The van der Waals surface area contributed by atoms with Crippen molar-refractivity contribution in [3.05, 3.63) is 48.9 Å². The summed E-state index contributed by atoms with van der Waals surface area (Å²) in [4.78, 5) is 4.19. The standard InChI is InChI=1S/C10H10N3.ClH/c11-9-5-4-6-12-10(9)13-7-2-1-3-8-13;/h1-8H,11H2;1H/q+1;/p-1. The van der Waals surface area contributed by atoms with E-state index in [9.17, 15) is 0 Å². The highest BCUT2D eigenvalue weighted by atomic mass is 35.5. The molecule has 2 N–H and O–H groups in total. The van der Waals surface area contributed by atoms with Gasteiger partial charge in [-0.2, -0.15) is 0 Å². The molecule has 0 saturated carbocycles. The normalized spacial score (nSPS) is 9.14. The van der Waals surface area contributed by atoms with Gasteiger partial charge in [0, 0.05) is 0 Å². The van der Waals surface area contributed by atoms with Gasteiger partial charge >= 0.3 is 5.82 Å². The minimum absolute atomic E-state index is 0. The van der Waals surface area contributed by atoms with Crippen LogP contribution in [0.3, 0.4) is 0 Å². The molecule has 0 atom stereocenters. The first-order valence-corrected chi connectivity index (χ1v) is 4.05. The second-order valence-corrected chi connectivity index (χ2v) is 2.70. The minimum Gasteiger partial charge on any atom is -1.00 e. The predicted octanol–water partition coefficient (Wildman–Crippen LogP) is -2.06. The van der Waals surface area contributed by atoms with Crippen LogP contribution in [-0.4, -0.2) is 4.98 Å². The summed E-state index contributed by atoms with van der Waals surface area (Å²) in [6.45, 7) is 0. The fraction of sp³-hybridized carbons (Fsp3) is 0. The molecule has 0 aliphatic rings. The molecule has 3 nitrogen and oxygen atoms in total. The third-order valence-corrected chi connectivity index (χ3v) is 1.78. The van der Waals surface area contributed by atoms with E-state index < -0.39 is 0 Å². The Balaban J connectivity index is 0.000000980. The Hall–Kier alpha value is -1.61. The van der Waals surface area contributed by atoms with Gasteiger partial charge in [0.25, 0.3) is 0 Å². The molecule has 0 amide bonds. The summed E-state index contributed by atoms with van der Waals surface area (Å²) in [5.41, 5.74) is 6.45. The van der Waals surface area contributed by atoms with Gasteiger partial charge < -0.3 is 18.1 Å². The lowest BCUT2D eigenvalue weighted by molar-refractivity contribution is -0.598. The van der Waals surface area contributed by atoms with Crippen LogP contribution in [0.1, 0.15) is 0 Å². The topological polar surface area (TPSA) is 42.8 Å². The number of anilines is 1. The van der Waals surface area contributed by atoms with Crippen molar-refractivity contribution in [2.24, 2.45) is 0 Å². The molecule has 2 aromatic rings. The minimum atomic E-state index is 0. The van der Waals surface area contributed by atoms with Gasteiger partial charge in [0.1, 0.15) is 11.9 Å². The largest absolute Gasteiger partial charge is 1.00 e. The van der Waals surface area contributed by atoms with Crippen LogP contribution in [0.5, 0.6) is 0 Å². The lowest BCUT2D eigenvalue weighted by Crippen LogP contribution is -3.00. The maximum absolute atomic E-state index is 5.77. The molecule has 72 valence electrons. The van der Waals surface area contributed by atoms with E-state index >= 15 is 0 Å². The number of nitrogens with zero attached hydrogens (tertiary/aromatic N) is 2. The van der Waals surface area contributed by atoms with Crippen molar-refractivity contribution in [1.29, 1.82) is 0 Å². The van der Waals surface area contributed by atoms with Gasteiger partial charge in [0.05, 0.1) is 12.4 Å². The number of hydrogen-bond acceptors (Lipinski definition) is 2. The smallest absolute Gasteiger partial charge is 0.350 e. The Morgan fingerprint density at radius 2 is 1.79 bits per heavy atom. The second kappa shape index (κ2) is 4.58. The van der Waals surface area contributed by atoms with Gasteiger partial charge in [-0.1, -0.05) is 6.07 Å². The van der Waals surface area contributed by atoms with E-state index in [0.29, 0.717) is 5.69 Å². The van der Waals surface area contributed by atoms with Gasteiger partial charge in [0.2, 0.25) is 0 Å². The molecule has 2 heterocycles. The summed E-state index contributed by atoms with van der Waals surface area (Å²) in [5, 5.41) is 0. The van der Waals surface area contributed by atoms with Crippen LogP contribution < -0.4 is 22.7 Å². The number of hydrogen-bond donors (Lipinski definition) is 1. The Morgan fingerprint density at radius 1 is 1.07 bits per heavy atom. The summed E-state index contributed by atoms with van der Waals surface area (Å²) >= 11 is 0. The summed E-state index contributed by atoms with van der Waals surface area (Å²) in [5.74, 6) is 0.767. The highest BCUT2D eigenvalue weighted by molar-refractivity contribution is 5.46. The summed E-state index contributed by atoms with van der Waals surface area (Å²) < 4.78 is 1.88. The molecule has 0 aromatic carbocycles. The number of nitrogen functional groups attached to an aromatic ring is 1. The van der Waals surface area contributed by atoms with Gasteiger partial charge in [-0.15, -0.1) is 0 Å². The van der Waals surface area contributed by atoms with Crippen molar-refractivity contribution >= 4 is 5.69 Å². The molecular formula is C10H10ClN3. The van der Waals surface area contributed by atoms with Crippen LogP contribution in [0.15, 0.2) is 48.9 Å². The van der Waals surface area contributed by atoms with Crippen molar-refractivity contribution in [2.75, 3.05) is 5.73 Å². The first-order chi connectivity index (χ1) is 6.38. The first-order valence-electron chi connectivity index (χ1n) is 4.05. The third kappa shape index (κ3) is 2.00. The number of nitrogens with two attached hydrogens (primary N) is 1. The number of rotatable bonds is 1. The molecule has 0 aliphatic heterocycles. The zero-order valence-corrected chi connectivity index (χ0v) is 8.22. The Morgan fingerprint density at radius 3 is 2.43 bits per heavy atom. The highest BCUT2D eigenvalue weighted by Gasteiger charge is 2.09. The molecule has 14 heavy (non-hydrogen) atoms. The molecule has 0 spiro atoms. The molecular weight excluding hydrogens is 198 g/mol. The van der Waals surface area contributed by atoms with Crippen LogP contribution in [0.4, 0.5) is 5.69 Å². The Bertz CT molecular complexity index is 403. The van der Waals surface area contributed by atoms with Crippen molar-refractivity contribution in [2.45, 2.75) is 0 Å². The fourth-order valence-corrected chi connectivity index (χ4v) is 1.17. The molecule has 0 radical (unpaired) electrons. The zero-order chi connectivity index (χ0) is 9.10. The summed E-state index contributed by atoms with van der Waals surface area (Å²) in [6.07, 6.45) is 5.56. The number of pyridine rings is 2. The van der Waals surface area contributed by atoms with Crippen LogP contribution in [0, 0.1) is 0 Å². The van der Waals surface area contributed by atoms with E-state index in [0.717, 1.165) is 5.82 Å². The quantitative estimate of drug-likeness (QED) is 0.547. The molecule has 0 fully saturated rings. The molecule has 0 aliphatic carbocycles. The fourth-order valence-electron chi connectivity index (χ4n) is 1.17. The van der Waals surface area contributed by atoms with E-state index in [1.807, 2.05) is 47.3 Å². The maximum Gasteiger partial charge on any atom is 0.350 e. The second-order valence-electron chi connectivity index (χ2n) is 2.70. The molecule has 2 rings (SSSR count). The van der Waals surface area contributed by atoms with Gasteiger partial charge in [0.15, 0.2) is 0 Å². The monoisotopic (exact) mass is 207 g/mol. The van der Waals surface area contributed by atoms with Crippen LogP contribution in [0.25, 0.3) is 5.82 Å². The number of halogens is 1. The van der Waals surface area contributed by atoms with E-state index in [2.05, 4.69) is 4.98 Å². The summed E-state index contributed by atoms with van der Waals surface area (Å²) in [6, 6.07) is 9.49. The van der Waals surface area contributed by atoms with Gasteiger partial charge in [-0.3, -0.25) is 0 Å². The van der Waals surface area contributed by atoms with Gasteiger partial charge in [-0.25, -0.2) is 4.57 Å². The average molecular weight is 208 g/mol. The Kier molecular flexibility index (Phi) is 3.42. The molecule has 2 aromatic heterocycles. The lowest BCUT2D eigenvalue weighted by Gasteiger charge is -1.96.